The Bertz CT molecular complexity index is 1160. The second-order valence-corrected chi connectivity index (χ2v) is 7.08. The van der Waals surface area contributed by atoms with Crippen molar-refractivity contribution in [2.75, 3.05) is 5.32 Å². The number of aryl methyl sites for hydroxylation is 1. The number of nitrogens with zero attached hydrogens (tertiary/aromatic N) is 4. The summed E-state index contributed by atoms with van der Waals surface area (Å²) in [6, 6.07) is 13.3. The number of rotatable bonds is 3. The van der Waals surface area contributed by atoms with Crippen molar-refractivity contribution in [3.8, 4) is 11.4 Å². The standard InChI is InChI=1S/C21H20N6O/c28-21(17-9-5-7-15-13-22-25-19(15)17)23-16-8-4-6-14(12-16)20-26-24-18-10-2-1-3-11-27(18)20/h4-9,12-13H,1-3,10-11H2,(H,22,25)(H,23,28). The predicted molar refractivity (Wildman–Crippen MR) is 107 cm³/mol. The number of hydrogen-bond donors (Lipinski definition) is 2. The lowest BCUT2D eigenvalue weighted by atomic mass is 10.1. The van der Waals surface area contributed by atoms with E-state index in [-0.39, 0.29) is 5.91 Å². The van der Waals surface area contributed by atoms with Gasteiger partial charge in [0.2, 0.25) is 0 Å². The van der Waals surface area contributed by atoms with E-state index in [0.29, 0.717) is 5.56 Å². The molecular formula is C21H20N6O. The van der Waals surface area contributed by atoms with E-state index in [2.05, 4.69) is 30.3 Å². The van der Waals surface area contributed by atoms with Crippen LogP contribution in [-0.2, 0) is 13.0 Å². The molecule has 140 valence electrons. The Kier molecular flexibility index (Phi) is 4.12. The van der Waals surface area contributed by atoms with E-state index in [4.69, 9.17) is 0 Å². The smallest absolute Gasteiger partial charge is 0.257 e. The van der Waals surface area contributed by atoms with Gasteiger partial charge in [0.15, 0.2) is 5.82 Å². The number of H-pyrrole nitrogens is 1. The first-order valence-electron chi connectivity index (χ1n) is 9.55. The fraction of sp³-hybridized carbons (Fsp3) is 0.238. The maximum absolute atomic E-state index is 12.8. The van der Waals surface area contributed by atoms with Gasteiger partial charge in [0.25, 0.3) is 5.91 Å². The van der Waals surface area contributed by atoms with Gasteiger partial charge in [-0.2, -0.15) is 5.10 Å². The minimum atomic E-state index is -0.174. The van der Waals surface area contributed by atoms with E-state index >= 15 is 0 Å². The van der Waals surface area contributed by atoms with Gasteiger partial charge in [-0.3, -0.25) is 9.89 Å². The van der Waals surface area contributed by atoms with Crippen LogP contribution in [0.4, 0.5) is 5.69 Å². The molecule has 2 aromatic heterocycles. The Morgan fingerprint density at radius 2 is 2.00 bits per heavy atom. The topological polar surface area (TPSA) is 88.5 Å². The summed E-state index contributed by atoms with van der Waals surface area (Å²) in [6.07, 6.45) is 6.20. The molecule has 5 rings (SSSR count). The number of nitrogens with one attached hydrogen (secondary N) is 2. The molecule has 4 aromatic rings. The molecule has 0 atom stereocenters. The van der Waals surface area contributed by atoms with Crippen molar-refractivity contribution in [1.82, 2.24) is 25.0 Å². The van der Waals surface area contributed by atoms with E-state index in [0.717, 1.165) is 59.6 Å². The van der Waals surface area contributed by atoms with Gasteiger partial charge in [-0.15, -0.1) is 10.2 Å². The van der Waals surface area contributed by atoms with Crippen molar-refractivity contribution in [1.29, 1.82) is 0 Å². The molecular weight excluding hydrogens is 352 g/mol. The van der Waals surface area contributed by atoms with Gasteiger partial charge < -0.3 is 9.88 Å². The Labute approximate surface area is 161 Å². The summed E-state index contributed by atoms with van der Waals surface area (Å²) in [5.74, 6) is 1.74. The summed E-state index contributed by atoms with van der Waals surface area (Å²) < 4.78 is 2.21. The zero-order chi connectivity index (χ0) is 18.9. The quantitative estimate of drug-likeness (QED) is 0.572. The lowest BCUT2D eigenvalue weighted by molar-refractivity contribution is 0.102. The average molecular weight is 372 g/mol. The molecule has 3 heterocycles. The highest BCUT2D eigenvalue weighted by atomic mass is 16.1. The average Bonchev–Trinajstić information content (AvgIpc) is 3.29. The molecule has 2 N–H and O–H groups in total. The van der Waals surface area contributed by atoms with Crippen LogP contribution in [0, 0.1) is 0 Å². The van der Waals surface area contributed by atoms with Crippen LogP contribution in [0.1, 0.15) is 35.4 Å². The summed E-state index contributed by atoms with van der Waals surface area (Å²) in [6.45, 7) is 0.941. The van der Waals surface area contributed by atoms with Crippen molar-refractivity contribution in [3.05, 3.63) is 60.0 Å². The third-order valence-corrected chi connectivity index (χ3v) is 5.21. The molecule has 7 nitrogen and oxygen atoms in total. The first-order valence-corrected chi connectivity index (χ1v) is 9.55. The van der Waals surface area contributed by atoms with Crippen LogP contribution in [0.25, 0.3) is 22.3 Å². The number of carbonyl (C=O) groups is 1. The zero-order valence-electron chi connectivity index (χ0n) is 15.4. The molecule has 2 aromatic carbocycles. The monoisotopic (exact) mass is 372 g/mol. The summed E-state index contributed by atoms with van der Waals surface area (Å²) >= 11 is 0. The molecule has 0 unspecified atom stereocenters. The van der Waals surface area contributed by atoms with Gasteiger partial charge in [0.1, 0.15) is 5.82 Å². The highest BCUT2D eigenvalue weighted by Crippen LogP contribution is 2.25. The molecule has 0 saturated heterocycles. The number of benzene rings is 2. The van der Waals surface area contributed by atoms with Crippen molar-refractivity contribution in [3.63, 3.8) is 0 Å². The SMILES string of the molecule is O=C(Nc1cccc(-c2nnc3n2CCCCC3)c1)c1cccc2cn[nH]c12. The number of amides is 1. The highest BCUT2D eigenvalue weighted by Gasteiger charge is 2.17. The van der Waals surface area contributed by atoms with Crippen LogP contribution >= 0.6 is 0 Å². The molecule has 0 saturated carbocycles. The third kappa shape index (κ3) is 2.94. The molecule has 0 fully saturated rings. The van der Waals surface area contributed by atoms with Gasteiger partial charge in [0.05, 0.1) is 17.3 Å². The lowest BCUT2D eigenvalue weighted by Gasteiger charge is -2.10. The number of aromatic nitrogens is 5. The molecule has 0 spiro atoms. The van der Waals surface area contributed by atoms with E-state index in [1.165, 1.54) is 6.42 Å². The maximum Gasteiger partial charge on any atom is 0.257 e. The number of aromatic amines is 1. The molecule has 0 radical (unpaired) electrons. The summed E-state index contributed by atoms with van der Waals surface area (Å²) in [7, 11) is 0. The normalized spacial score (nSPS) is 13.9. The summed E-state index contributed by atoms with van der Waals surface area (Å²) in [5, 5.41) is 19.6. The van der Waals surface area contributed by atoms with Crippen LogP contribution in [0.2, 0.25) is 0 Å². The minimum absolute atomic E-state index is 0.174. The Hall–Kier alpha value is -3.48. The van der Waals surface area contributed by atoms with Gasteiger partial charge in [-0.05, 0) is 31.0 Å². The molecule has 0 aliphatic carbocycles. The predicted octanol–water partition coefficient (Wildman–Crippen LogP) is 3.80. The fourth-order valence-electron chi connectivity index (χ4n) is 3.79. The zero-order valence-corrected chi connectivity index (χ0v) is 15.4. The minimum Gasteiger partial charge on any atom is -0.322 e. The number of hydrogen-bond acceptors (Lipinski definition) is 4. The van der Waals surface area contributed by atoms with Crippen LogP contribution in [-0.4, -0.2) is 30.9 Å². The van der Waals surface area contributed by atoms with Crippen molar-refractivity contribution in [2.24, 2.45) is 0 Å². The van der Waals surface area contributed by atoms with Gasteiger partial charge >= 0.3 is 0 Å². The van der Waals surface area contributed by atoms with Crippen molar-refractivity contribution < 1.29 is 4.79 Å². The summed E-state index contributed by atoms with van der Waals surface area (Å²) in [4.78, 5) is 12.8. The Balaban J connectivity index is 1.44. The number of para-hydroxylation sites is 1. The van der Waals surface area contributed by atoms with Gasteiger partial charge in [-0.25, -0.2) is 0 Å². The number of anilines is 1. The number of fused-ring (bicyclic) bond motifs is 2. The van der Waals surface area contributed by atoms with E-state index in [1.807, 2.05) is 36.4 Å². The summed E-state index contributed by atoms with van der Waals surface area (Å²) in [5.41, 5.74) is 2.99. The second kappa shape index (κ2) is 6.92. The number of carbonyl (C=O) groups excluding carboxylic acids is 1. The van der Waals surface area contributed by atoms with Gasteiger partial charge in [-0.1, -0.05) is 30.7 Å². The maximum atomic E-state index is 12.8. The van der Waals surface area contributed by atoms with Crippen LogP contribution in [0.3, 0.4) is 0 Å². The first-order chi connectivity index (χ1) is 13.8. The van der Waals surface area contributed by atoms with Gasteiger partial charge in [0, 0.05) is 29.6 Å². The van der Waals surface area contributed by atoms with E-state index in [1.54, 1.807) is 12.3 Å². The molecule has 0 bridgehead atoms. The lowest BCUT2D eigenvalue weighted by Crippen LogP contribution is -2.12. The first kappa shape index (κ1) is 16.7. The fourth-order valence-corrected chi connectivity index (χ4v) is 3.79. The molecule has 28 heavy (non-hydrogen) atoms. The van der Waals surface area contributed by atoms with E-state index < -0.39 is 0 Å². The largest absolute Gasteiger partial charge is 0.322 e. The van der Waals surface area contributed by atoms with Crippen LogP contribution < -0.4 is 5.32 Å². The second-order valence-electron chi connectivity index (χ2n) is 7.08. The Morgan fingerprint density at radius 1 is 1.07 bits per heavy atom. The molecule has 1 aliphatic rings. The Morgan fingerprint density at radius 3 is 2.96 bits per heavy atom. The molecule has 7 heteroatoms. The third-order valence-electron chi connectivity index (χ3n) is 5.21. The highest BCUT2D eigenvalue weighted by molar-refractivity contribution is 6.11. The van der Waals surface area contributed by atoms with Crippen LogP contribution in [0.15, 0.2) is 48.7 Å². The van der Waals surface area contributed by atoms with E-state index in [9.17, 15) is 4.79 Å². The molecule has 1 amide bonds. The van der Waals surface area contributed by atoms with Crippen molar-refractivity contribution in [2.45, 2.75) is 32.2 Å². The molecule has 1 aliphatic heterocycles. The van der Waals surface area contributed by atoms with Crippen molar-refractivity contribution >= 4 is 22.5 Å². The van der Waals surface area contributed by atoms with Crippen LogP contribution in [0.5, 0.6) is 0 Å².